The molecule has 0 aliphatic rings. The molecule has 1 aromatic heterocycles. The van der Waals surface area contributed by atoms with Gasteiger partial charge in [-0.1, -0.05) is 23.5 Å². The van der Waals surface area contributed by atoms with E-state index in [9.17, 15) is 13.2 Å². The lowest BCUT2D eigenvalue weighted by Gasteiger charge is -2.15. The summed E-state index contributed by atoms with van der Waals surface area (Å²) in [7, 11) is -0.528. The standard InChI is InChI=1S/C12H15N3O3S2/c1-15(2)20(17,18)11-6-4-3-5-10(11)13-7-9-8-19-12(16)14-9/h3-6,8,13H,7H2,1-2H3,(H,14,16). The van der Waals surface area contributed by atoms with Crippen molar-refractivity contribution in [3.05, 3.63) is 45.0 Å². The molecule has 2 aromatic rings. The second kappa shape index (κ2) is 5.78. The highest BCUT2D eigenvalue weighted by molar-refractivity contribution is 7.89. The predicted octanol–water partition coefficient (Wildman–Crippen LogP) is 1.30. The van der Waals surface area contributed by atoms with Crippen LogP contribution in [0.2, 0.25) is 0 Å². The topological polar surface area (TPSA) is 82.3 Å². The number of hydrogen-bond donors (Lipinski definition) is 2. The summed E-state index contributed by atoms with van der Waals surface area (Å²) in [5, 5.41) is 4.74. The van der Waals surface area contributed by atoms with Gasteiger partial charge in [-0.25, -0.2) is 12.7 Å². The number of nitrogens with zero attached hydrogens (tertiary/aromatic N) is 1. The molecule has 0 spiro atoms. The number of benzene rings is 1. The maximum absolute atomic E-state index is 12.2. The summed E-state index contributed by atoms with van der Waals surface area (Å²) in [6, 6.07) is 6.68. The van der Waals surface area contributed by atoms with Crippen LogP contribution in [-0.4, -0.2) is 31.8 Å². The maximum Gasteiger partial charge on any atom is 0.304 e. The lowest BCUT2D eigenvalue weighted by Crippen LogP contribution is -2.23. The van der Waals surface area contributed by atoms with Crippen LogP contribution in [0.5, 0.6) is 0 Å². The average molecular weight is 313 g/mol. The van der Waals surface area contributed by atoms with E-state index >= 15 is 0 Å². The Hall–Kier alpha value is -1.64. The molecule has 0 bridgehead atoms. The van der Waals surface area contributed by atoms with Crippen molar-refractivity contribution in [2.75, 3.05) is 19.4 Å². The highest BCUT2D eigenvalue weighted by atomic mass is 32.2. The monoisotopic (exact) mass is 313 g/mol. The molecule has 0 unspecified atom stereocenters. The molecular formula is C12H15N3O3S2. The van der Waals surface area contributed by atoms with Crippen LogP contribution >= 0.6 is 11.3 Å². The third-order valence-corrected chi connectivity index (χ3v) is 5.28. The molecule has 0 saturated heterocycles. The molecule has 0 fully saturated rings. The number of nitrogens with one attached hydrogen (secondary N) is 2. The molecule has 20 heavy (non-hydrogen) atoms. The number of aromatic amines is 1. The molecule has 6 nitrogen and oxygen atoms in total. The number of para-hydroxylation sites is 1. The molecule has 2 rings (SSSR count). The summed E-state index contributed by atoms with van der Waals surface area (Å²) in [6.45, 7) is 0.360. The van der Waals surface area contributed by atoms with Crippen LogP contribution in [0.3, 0.4) is 0 Å². The number of thiazole rings is 1. The van der Waals surface area contributed by atoms with Crippen molar-refractivity contribution in [3.8, 4) is 0 Å². The van der Waals surface area contributed by atoms with E-state index in [-0.39, 0.29) is 9.77 Å². The first-order valence-corrected chi connectivity index (χ1v) is 8.15. The van der Waals surface area contributed by atoms with Gasteiger partial charge in [-0.3, -0.25) is 4.79 Å². The van der Waals surface area contributed by atoms with Crippen LogP contribution in [0.1, 0.15) is 5.69 Å². The molecule has 0 aliphatic heterocycles. The molecule has 0 amide bonds. The van der Waals surface area contributed by atoms with Gasteiger partial charge < -0.3 is 10.3 Å². The minimum atomic E-state index is -3.51. The highest BCUT2D eigenvalue weighted by Crippen LogP contribution is 2.23. The van der Waals surface area contributed by atoms with Crippen LogP contribution in [0.4, 0.5) is 5.69 Å². The fourth-order valence-electron chi connectivity index (χ4n) is 1.63. The zero-order valence-electron chi connectivity index (χ0n) is 11.1. The van der Waals surface area contributed by atoms with Crippen LogP contribution in [-0.2, 0) is 16.6 Å². The summed E-state index contributed by atoms with van der Waals surface area (Å²) in [5.41, 5.74) is 1.23. The Morgan fingerprint density at radius 1 is 1.30 bits per heavy atom. The largest absolute Gasteiger partial charge is 0.378 e. The van der Waals surface area contributed by atoms with Gasteiger partial charge in [-0.05, 0) is 12.1 Å². The third kappa shape index (κ3) is 3.09. The van der Waals surface area contributed by atoms with Crippen LogP contribution in [0, 0.1) is 0 Å². The Balaban J connectivity index is 2.27. The average Bonchev–Trinajstić information content (AvgIpc) is 2.82. The van der Waals surface area contributed by atoms with E-state index in [4.69, 9.17) is 0 Å². The number of sulfonamides is 1. The Morgan fingerprint density at radius 2 is 2.00 bits per heavy atom. The van der Waals surface area contributed by atoms with Crippen molar-refractivity contribution in [2.24, 2.45) is 0 Å². The van der Waals surface area contributed by atoms with E-state index in [1.807, 2.05) is 0 Å². The van der Waals surface area contributed by atoms with E-state index in [0.717, 1.165) is 17.0 Å². The van der Waals surface area contributed by atoms with Crippen molar-refractivity contribution < 1.29 is 8.42 Å². The van der Waals surface area contributed by atoms with Gasteiger partial charge in [0.1, 0.15) is 4.90 Å². The fourth-order valence-corrected chi connectivity index (χ4v) is 3.27. The van der Waals surface area contributed by atoms with Gasteiger partial charge in [0.2, 0.25) is 10.0 Å². The molecule has 0 saturated carbocycles. The van der Waals surface area contributed by atoms with Crippen molar-refractivity contribution in [3.63, 3.8) is 0 Å². The Labute approximate surface area is 121 Å². The smallest absolute Gasteiger partial charge is 0.304 e. The number of rotatable bonds is 5. The summed E-state index contributed by atoms with van der Waals surface area (Å²) in [4.78, 5) is 13.8. The molecule has 8 heteroatoms. The summed E-state index contributed by atoms with van der Waals surface area (Å²) < 4.78 is 25.6. The molecule has 108 valence electrons. The van der Waals surface area contributed by atoms with Crippen LogP contribution in [0.25, 0.3) is 0 Å². The molecule has 1 aromatic carbocycles. The Morgan fingerprint density at radius 3 is 2.60 bits per heavy atom. The van der Waals surface area contributed by atoms with E-state index < -0.39 is 10.0 Å². The fraction of sp³-hybridized carbons (Fsp3) is 0.250. The van der Waals surface area contributed by atoms with Gasteiger partial charge in [0.05, 0.1) is 12.2 Å². The minimum absolute atomic E-state index is 0.129. The Bertz CT molecular complexity index is 747. The lowest BCUT2D eigenvalue weighted by atomic mass is 10.3. The van der Waals surface area contributed by atoms with Crippen LogP contribution in [0.15, 0.2) is 39.3 Å². The van der Waals surface area contributed by atoms with E-state index in [1.165, 1.54) is 18.4 Å². The van der Waals surface area contributed by atoms with E-state index in [2.05, 4.69) is 10.3 Å². The number of aromatic nitrogens is 1. The highest BCUT2D eigenvalue weighted by Gasteiger charge is 2.20. The maximum atomic E-state index is 12.2. The van der Waals surface area contributed by atoms with E-state index in [1.54, 1.807) is 29.6 Å². The summed E-state index contributed by atoms with van der Waals surface area (Å²) in [6.07, 6.45) is 0. The molecule has 0 aliphatic carbocycles. The first-order chi connectivity index (χ1) is 9.41. The zero-order valence-corrected chi connectivity index (χ0v) is 12.7. The Kier molecular flexibility index (Phi) is 4.26. The van der Waals surface area contributed by atoms with Crippen LogP contribution < -0.4 is 10.2 Å². The SMILES string of the molecule is CN(C)S(=O)(=O)c1ccccc1NCc1csc(=O)[nH]1. The van der Waals surface area contributed by atoms with Crippen molar-refractivity contribution >= 4 is 27.0 Å². The van der Waals surface area contributed by atoms with Crippen molar-refractivity contribution in [2.45, 2.75) is 11.4 Å². The number of H-pyrrole nitrogens is 1. The minimum Gasteiger partial charge on any atom is -0.378 e. The molecule has 1 heterocycles. The van der Waals surface area contributed by atoms with Gasteiger partial charge in [-0.15, -0.1) is 0 Å². The van der Waals surface area contributed by atoms with Crippen molar-refractivity contribution in [1.29, 1.82) is 0 Å². The first-order valence-electron chi connectivity index (χ1n) is 5.83. The second-order valence-electron chi connectivity index (χ2n) is 4.31. The van der Waals surface area contributed by atoms with Gasteiger partial charge in [-0.2, -0.15) is 0 Å². The van der Waals surface area contributed by atoms with Gasteiger partial charge in [0.15, 0.2) is 0 Å². The van der Waals surface area contributed by atoms with Gasteiger partial charge in [0.25, 0.3) is 0 Å². The summed E-state index contributed by atoms with van der Waals surface area (Å²) >= 11 is 1.08. The first kappa shape index (κ1) is 14.8. The van der Waals surface area contributed by atoms with Gasteiger partial charge >= 0.3 is 4.87 Å². The van der Waals surface area contributed by atoms with Gasteiger partial charge in [0, 0.05) is 25.2 Å². The molecule has 0 radical (unpaired) electrons. The number of hydrogen-bond acceptors (Lipinski definition) is 5. The van der Waals surface area contributed by atoms with E-state index in [0.29, 0.717) is 12.2 Å². The summed E-state index contributed by atoms with van der Waals surface area (Å²) in [5.74, 6) is 0. The number of anilines is 1. The second-order valence-corrected chi connectivity index (χ2v) is 7.27. The third-order valence-electron chi connectivity index (χ3n) is 2.69. The molecule has 0 atom stereocenters. The lowest BCUT2D eigenvalue weighted by molar-refractivity contribution is 0.521. The predicted molar refractivity (Wildman–Crippen MR) is 79.6 cm³/mol. The van der Waals surface area contributed by atoms with Crippen molar-refractivity contribution in [1.82, 2.24) is 9.29 Å². The normalized spacial score (nSPS) is 11.8. The molecule has 2 N–H and O–H groups in total. The molecular weight excluding hydrogens is 298 g/mol. The zero-order chi connectivity index (χ0) is 14.8. The quantitative estimate of drug-likeness (QED) is 0.871.